The second-order valence-electron chi connectivity index (χ2n) is 9.83. The lowest BCUT2D eigenvalue weighted by Crippen LogP contribution is -2.40. The van der Waals surface area contributed by atoms with Gasteiger partial charge in [0, 0.05) is 43.3 Å². The minimum absolute atomic E-state index is 0.0222. The predicted molar refractivity (Wildman–Crippen MR) is 138 cm³/mol. The van der Waals surface area contributed by atoms with E-state index in [-0.39, 0.29) is 18.2 Å². The number of carbonyl (C=O) groups is 3. The molecule has 0 aromatic heterocycles. The second-order valence-corrected chi connectivity index (χ2v) is 11.2. The number of alkyl halides is 3. The van der Waals surface area contributed by atoms with E-state index in [1.54, 1.807) is 35.2 Å². The number of benzene rings is 1. The summed E-state index contributed by atoms with van der Waals surface area (Å²) in [6.07, 6.45) is -4.15. The molecule has 3 amide bonds. The molecule has 204 valence electrons. The van der Waals surface area contributed by atoms with Crippen molar-refractivity contribution in [3.8, 4) is 6.07 Å². The minimum atomic E-state index is -4.57. The first-order chi connectivity index (χ1) is 17.2. The lowest BCUT2D eigenvalue weighted by Gasteiger charge is -2.26. The molecule has 2 rings (SSSR count). The highest BCUT2D eigenvalue weighted by Crippen LogP contribution is 2.37. The molecular formula is C25H34F3N5O3S. The maximum absolute atomic E-state index is 12.9. The van der Waals surface area contributed by atoms with E-state index in [9.17, 15) is 32.8 Å². The van der Waals surface area contributed by atoms with Crippen LogP contribution in [0.4, 0.5) is 24.5 Å². The second kappa shape index (κ2) is 12.5. The number of halogens is 3. The van der Waals surface area contributed by atoms with Crippen molar-refractivity contribution < 1.29 is 27.6 Å². The number of anilines is 2. The summed E-state index contributed by atoms with van der Waals surface area (Å²) in [4.78, 5) is 40.7. The highest BCUT2D eigenvalue weighted by atomic mass is 32.2. The molecule has 8 nitrogen and oxygen atoms in total. The van der Waals surface area contributed by atoms with Crippen molar-refractivity contribution in [1.29, 1.82) is 5.26 Å². The summed E-state index contributed by atoms with van der Waals surface area (Å²) < 4.78 is 37.2. The van der Waals surface area contributed by atoms with Gasteiger partial charge in [-0.1, -0.05) is 26.8 Å². The molecule has 2 N–H and O–H groups in total. The molecule has 1 aromatic carbocycles. The third kappa shape index (κ3) is 8.55. The summed E-state index contributed by atoms with van der Waals surface area (Å²) >= 11 is 1.32. The van der Waals surface area contributed by atoms with Crippen LogP contribution in [0.1, 0.15) is 40.5 Å². The number of rotatable bonds is 10. The molecule has 1 aromatic rings. The van der Waals surface area contributed by atoms with Gasteiger partial charge in [-0.15, -0.1) is 11.8 Å². The Balaban J connectivity index is 1.96. The van der Waals surface area contributed by atoms with Crippen LogP contribution in [-0.4, -0.2) is 66.1 Å². The van der Waals surface area contributed by atoms with Gasteiger partial charge in [-0.25, -0.2) is 0 Å². The van der Waals surface area contributed by atoms with Crippen LogP contribution in [0.2, 0.25) is 0 Å². The molecule has 0 bridgehead atoms. The van der Waals surface area contributed by atoms with E-state index in [0.29, 0.717) is 19.5 Å². The normalized spacial score (nSPS) is 18.8. The third-order valence-electron chi connectivity index (χ3n) is 5.86. The monoisotopic (exact) mass is 541 g/mol. The number of hydrogen-bond donors (Lipinski definition) is 2. The first kappa shape index (κ1) is 30.3. The van der Waals surface area contributed by atoms with Crippen LogP contribution in [0, 0.1) is 22.7 Å². The molecule has 0 spiro atoms. The van der Waals surface area contributed by atoms with Gasteiger partial charge in [-0.3, -0.25) is 14.4 Å². The molecule has 3 unspecified atom stereocenters. The van der Waals surface area contributed by atoms with Crippen LogP contribution < -0.4 is 15.5 Å². The van der Waals surface area contributed by atoms with Gasteiger partial charge < -0.3 is 20.4 Å². The van der Waals surface area contributed by atoms with Crippen molar-refractivity contribution in [2.24, 2.45) is 11.3 Å². The van der Waals surface area contributed by atoms with Gasteiger partial charge in [0.15, 0.2) is 0 Å². The van der Waals surface area contributed by atoms with Crippen molar-refractivity contribution in [2.75, 3.05) is 36.9 Å². The molecule has 0 radical (unpaired) electrons. The SMILES string of the molecule is CCN1C(=O)C(CCNc2cccc(N(C)C(=O)C(C)(C)C)c2)SC1CC(C#N)C(=O)NCC(F)(F)F. The number of nitriles is 1. The summed E-state index contributed by atoms with van der Waals surface area (Å²) in [7, 11) is 1.72. The quantitative estimate of drug-likeness (QED) is 0.464. The van der Waals surface area contributed by atoms with Crippen LogP contribution in [-0.2, 0) is 14.4 Å². The molecule has 1 aliphatic rings. The fourth-order valence-electron chi connectivity index (χ4n) is 3.90. The smallest absolute Gasteiger partial charge is 0.385 e. The van der Waals surface area contributed by atoms with Gasteiger partial charge in [0.05, 0.1) is 16.7 Å². The maximum Gasteiger partial charge on any atom is 0.405 e. The average molecular weight is 542 g/mol. The molecule has 37 heavy (non-hydrogen) atoms. The maximum atomic E-state index is 12.9. The van der Waals surface area contributed by atoms with Gasteiger partial charge in [-0.05, 0) is 31.5 Å². The molecule has 0 saturated carbocycles. The van der Waals surface area contributed by atoms with Gasteiger partial charge in [0.25, 0.3) is 0 Å². The molecule has 3 atom stereocenters. The van der Waals surface area contributed by atoms with Gasteiger partial charge in [0.1, 0.15) is 12.5 Å². The Morgan fingerprint density at radius 1 is 1.27 bits per heavy atom. The zero-order chi connectivity index (χ0) is 28.0. The van der Waals surface area contributed by atoms with Crippen LogP contribution in [0.5, 0.6) is 0 Å². The van der Waals surface area contributed by atoms with E-state index < -0.39 is 40.6 Å². The Morgan fingerprint density at radius 3 is 2.51 bits per heavy atom. The van der Waals surface area contributed by atoms with E-state index in [1.165, 1.54) is 11.8 Å². The number of hydrogen-bond acceptors (Lipinski definition) is 6. The van der Waals surface area contributed by atoms with Crippen LogP contribution in [0.15, 0.2) is 24.3 Å². The molecule has 0 aliphatic carbocycles. The Morgan fingerprint density at radius 2 is 1.95 bits per heavy atom. The van der Waals surface area contributed by atoms with Crippen molar-refractivity contribution in [1.82, 2.24) is 10.2 Å². The fraction of sp³-hybridized carbons (Fsp3) is 0.600. The molecule has 1 aliphatic heterocycles. The summed E-state index contributed by atoms with van der Waals surface area (Å²) in [5, 5.41) is 13.5. The van der Waals surface area contributed by atoms with E-state index in [2.05, 4.69) is 5.32 Å². The first-order valence-electron chi connectivity index (χ1n) is 12.0. The summed E-state index contributed by atoms with van der Waals surface area (Å²) in [6.45, 7) is 6.65. The van der Waals surface area contributed by atoms with E-state index >= 15 is 0 Å². The lowest BCUT2D eigenvalue weighted by molar-refractivity contribution is -0.140. The van der Waals surface area contributed by atoms with Crippen molar-refractivity contribution in [3.05, 3.63) is 24.3 Å². The van der Waals surface area contributed by atoms with Crippen LogP contribution in [0.25, 0.3) is 0 Å². The number of nitrogens with zero attached hydrogens (tertiary/aromatic N) is 3. The molecule has 12 heteroatoms. The first-order valence-corrected chi connectivity index (χ1v) is 12.9. The van der Waals surface area contributed by atoms with Crippen LogP contribution in [0.3, 0.4) is 0 Å². The molecule has 1 saturated heterocycles. The van der Waals surface area contributed by atoms with E-state index in [0.717, 1.165) is 11.4 Å². The number of nitrogens with one attached hydrogen (secondary N) is 2. The Bertz CT molecular complexity index is 1020. The lowest BCUT2D eigenvalue weighted by atomic mass is 9.94. The summed E-state index contributed by atoms with van der Waals surface area (Å²) in [5.41, 5.74) is 1.000. The van der Waals surface area contributed by atoms with E-state index in [1.807, 2.05) is 45.0 Å². The van der Waals surface area contributed by atoms with Crippen LogP contribution >= 0.6 is 11.8 Å². The zero-order valence-corrected chi connectivity index (χ0v) is 22.5. The number of thioether (sulfide) groups is 1. The third-order valence-corrected chi connectivity index (χ3v) is 7.38. The Labute approximate surface area is 219 Å². The zero-order valence-electron chi connectivity index (χ0n) is 21.7. The molecular weight excluding hydrogens is 507 g/mol. The average Bonchev–Trinajstić information content (AvgIpc) is 3.12. The highest BCUT2D eigenvalue weighted by Gasteiger charge is 2.41. The minimum Gasteiger partial charge on any atom is -0.385 e. The molecule has 1 heterocycles. The predicted octanol–water partition coefficient (Wildman–Crippen LogP) is 4.00. The Hall–Kier alpha value is -2.94. The van der Waals surface area contributed by atoms with Crippen molar-refractivity contribution >= 4 is 40.9 Å². The van der Waals surface area contributed by atoms with Gasteiger partial charge >= 0.3 is 6.18 Å². The van der Waals surface area contributed by atoms with Gasteiger partial charge in [0.2, 0.25) is 17.7 Å². The standard InChI is InChI=1S/C25H34F3N5O3S/c1-6-33-20(12-16(14-29)21(34)31-15-25(26,27)28)37-19(22(33)35)10-11-30-17-8-7-9-18(13-17)32(5)23(36)24(2,3)4/h7-9,13,16,19-20,30H,6,10-12,15H2,1-5H3,(H,31,34). The summed E-state index contributed by atoms with van der Waals surface area (Å²) in [5.74, 6) is -2.44. The number of amides is 3. The highest BCUT2D eigenvalue weighted by molar-refractivity contribution is 8.01. The number of carbonyl (C=O) groups excluding carboxylic acids is 3. The summed E-state index contributed by atoms with van der Waals surface area (Å²) in [6, 6.07) is 9.15. The van der Waals surface area contributed by atoms with E-state index in [4.69, 9.17) is 0 Å². The molecule has 1 fully saturated rings. The topological polar surface area (TPSA) is 106 Å². The Kier molecular flexibility index (Phi) is 10.3. The fourth-order valence-corrected chi connectivity index (χ4v) is 5.49. The van der Waals surface area contributed by atoms with Crippen molar-refractivity contribution in [3.63, 3.8) is 0 Å². The van der Waals surface area contributed by atoms with Gasteiger partial charge in [-0.2, -0.15) is 18.4 Å². The largest absolute Gasteiger partial charge is 0.405 e. The van der Waals surface area contributed by atoms with Crippen molar-refractivity contribution in [2.45, 2.75) is 57.3 Å².